The van der Waals surface area contributed by atoms with E-state index < -0.39 is 28.8 Å². The van der Waals surface area contributed by atoms with E-state index in [0.717, 1.165) is 15.4 Å². The van der Waals surface area contributed by atoms with E-state index in [1.54, 1.807) is 36.4 Å². The van der Waals surface area contributed by atoms with Crippen molar-refractivity contribution >= 4 is 33.6 Å². The summed E-state index contributed by atoms with van der Waals surface area (Å²) in [6.45, 7) is 2.89. The number of benzene rings is 2. The summed E-state index contributed by atoms with van der Waals surface area (Å²) in [7, 11) is -8.13. The fourth-order valence-corrected chi connectivity index (χ4v) is 4.98. The Bertz CT molecular complexity index is 1430. The highest BCUT2D eigenvalue weighted by Crippen LogP contribution is 2.42. The first-order valence-corrected chi connectivity index (χ1v) is 14.5. The van der Waals surface area contributed by atoms with E-state index in [1.807, 2.05) is 0 Å². The number of ether oxygens (including phenoxy) is 1. The fraction of sp³-hybridized carbons (Fsp3) is 0.273. The van der Waals surface area contributed by atoms with Crippen LogP contribution < -0.4 is 10.3 Å². The number of hydrogen-bond donors (Lipinski definition) is 2. The van der Waals surface area contributed by atoms with E-state index in [9.17, 15) is 17.8 Å². The van der Waals surface area contributed by atoms with E-state index in [0.29, 0.717) is 16.8 Å². The van der Waals surface area contributed by atoms with Crippen LogP contribution >= 0.6 is 23.8 Å². The molecule has 0 amide bonds. The maximum absolute atomic E-state index is 13.4. The molecule has 10 nitrogen and oxygen atoms in total. The zero-order valence-electron chi connectivity index (χ0n) is 19.1. The lowest BCUT2D eigenvalue weighted by Crippen LogP contribution is -2.28. The van der Waals surface area contributed by atoms with Crippen molar-refractivity contribution < 1.29 is 32.0 Å². The molecule has 0 atom stereocenters. The number of halogens is 1. The van der Waals surface area contributed by atoms with Crippen molar-refractivity contribution in [3.63, 3.8) is 0 Å². The first-order chi connectivity index (χ1) is 16.2. The molecule has 0 saturated heterocycles. The van der Waals surface area contributed by atoms with Crippen molar-refractivity contribution in [1.82, 2.24) is 9.78 Å². The molecule has 0 aliphatic carbocycles. The fourth-order valence-electron chi connectivity index (χ4n) is 3.22. The summed E-state index contributed by atoms with van der Waals surface area (Å²) in [4.78, 5) is 31.7. The van der Waals surface area contributed by atoms with Gasteiger partial charge >= 0.3 is 13.4 Å². The zero-order chi connectivity index (χ0) is 26.0. The SMILES string of the molecule is CC(C)(CCOc1c(-c2ccc(S(C)(=O)=O)cc2)cnn(-c2cccc(Br)c2)c1=O)OP(=O)(O)O. The Morgan fingerprint density at radius 2 is 1.80 bits per heavy atom. The number of nitrogens with zero attached hydrogens (tertiary/aromatic N) is 2. The molecule has 0 aliphatic heterocycles. The Morgan fingerprint density at radius 3 is 2.37 bits per heavy atom. The van der Waals surface area contributed by atoms with Gasteiger partial charge in [-0.15, -0.1) is 0 Å². The summed E-state index contributed by atoms with van der Waals surface area (Å²) < 4.78 is 47.3. The van der Waals surface area contributed by atoms with Gasteiger partial charge in [0.15, 0.2) is 15.6 Å². The van der Waals surface area contributed by atoms with Gasteiger partial charge in [-0.25, -0.2) is 13.0 Å². The Kier molecular flexibility index (Phi) is 8.05. The van der Waals surface area contributed by atoms with Gasteiger partial charge in [-0.3, -0.25) is 9.32 Å². The van der Waals surface area contributed by atoms with Crippen molar-refractivity contribution in [3.05, 3.63) is 69.6 Å². The minimum atomic E-state index is -4.72. The minimum Gasteiger partial charge on any atom is -0.487 e. The van der Waals surface area contributed by atoms with Gasteiger partial charge in [0.05, 0.1) is 29.0 Å². The van der Waals surface area contributed by atoms with Crippen molar-refractivity contribution in [3.8, 4) is 22.6 Å². The van der Waals surface area contributed by atoms with Crippen LogP contribution in [0.25, 0.3) is 16.8 Å². The predicted molar refractivity (Wildman–Crippen MR) is 133 cm³/mol. The van der Waals surface area contributed by atoms with Gasteiger partial charge in [0.2, 0.25) is 0 Å². The monoisotopic (exact) mass is 586 g/mol. The molecule has 0 unspecified atom stereocenters. The Labute approximate surface area is 210 Å². The molecule has 0 fully saturated rings. The van der Waals surface area contributed by atoms with Crippen LogP contribution in [0.4, 0.5) is 0 Å². The Morgan fingerprint density at radius 1 is 1.14 bits per heavy atom. The van der Waals surface area contributed by atoms with Crippen LogP contribution in [-0.2, 0) is 18.9 Å². The molecule has 0 radical (unpaired) electrons. The number of sulfone groups is 1. The van der Waals surface area contributed by atoms with Crippen molar-refractivity contribution in [1.29, 1.82) is 0 Å². The zero-order valence-corrected chi connectivity index (χ0v) is 22.4. The van der Waals surface area contributed by atoms with E-state index in [2.05, 4.69) is 21.0 Å². The van der Waals surface area contributed by atoms with Crippen LogP contribution in [0.15, 0.2) is 68.9 Å². The van der Waals surface area contributed by atoms with E-state index >= 15 is 0 Å². The highest BCUT2D eigenvalue weighted by atomic mass is 79.9. The van der Waals surface area contributed by atoms with E-state index in [-0.39, 0.29) is 23.7 Å². The van der Waals surface area contributed by atoms with E-state index in [1.165, 1.54) is 32.2 Å². The number of rotatable bonds is 9. The molecule has 1 heterocycles. The van der Waals surface area contributed by atoms with Gasteiger partial charge in [0, 0.05) is 22.7 Å². The summed E-state index contributed by atoms with van der Waals surface area (Å²) in [5.74, 6) is -0.0564. The normalized spacial score (nSPS) is 12.5. The second-order valence-electron chi connectivity index (χ2n) is 8.32. The first kappa shape index (κ1) is 27.3. The summed E-state index contributed by atoms with van der Waals surface area (Å²) in [6.07, 6.45) is 2.59. The van der Waals surface area contributed by atoms with Crippen LogP contribution in [0, 0.1) is 0 Å². The highest BCUT2D eigenvalue weighted by molar-refractivity contribution is 9.10. The molecule has 0 aliphatic rings. The largest absolute Gasteiger partial charge is 0.487 e. The molecule has 35 heavy (non-hydrogen) atoms. The summed E-state index contributed by atoms with van der Waals surface area (Å²) >= 11 is 3.36. The van der Waals surface area contributed by atoms with Crippen molar-refractivity contribution in [2.45, 2.75) is 30.8 Å². The predicted octanol–water partition coefficient (Wildman–Crippen LogP) is 3.72. The first-order valence-electron chi connectivity index (χ1n) is 10.2. The van der Waals surface area contributed by atoms with E-state index in [4.69, 9.17) is 19.0 Å². The number of hydrogen-bond acceptors (Lipinski definition) is 7. The second kappa shape index (κ2) is 10.3. The molecule has 188 valence electrons. The average molecular weight is 587 g/mol. The highest BCUT2D eigenvalue weighted by Gasteiger charge is 2.29. The molecular formula is C22H24BrN2O8PS. The lowest BCUT2D eigenvalue weighted by molar-refractivity contribution is 0.0461. The quantitative estimate of drug-likeness (QED) is 0.358. The molecule has 3 rings (SSSR count). The molecule has 3 aromatic rings. The summed E-state index contributed by atoms with van der Waals surface area (Å²) in [6, 6.07) is 12.9. The molecule has 2 N–H and O–H groups in total. The number of phosphoric ester groups is 1. The molecule has 13 heteroatoms. The lowest BCUT2D eigenvalue weighted by Gasteiger charge is -2.25. The van der Waals surface area contributed by atoms with Crippen LogP contribution in [0.3, 0.4) is 0 Å². The van der Waals surface area contributed by atoms with Gasteiger partial charge in [-0.05, 0) is 49.7 Å². The summed E-state index contributed by atoms with van der Waals surface area (Å²) in [5.41, 5.74) is -0.480. The van der Waals surface area contributed by atoms with Gasteiger partial charge in [-0.2, -0.15) is 9.78 Å². The van der Waals surface area contributed by atoms with Gasteiger partial charge in [0.25, 0.3) is 0 Å². The third-order valence-electron chi connectivity index (χ3n) is 4.90. The van der Waals surface area contributed by atoms with Crippen LogP contribution in [0.5, 0.6) is 5.75 Å². The number of aromatic nitrogens is 2. The molecule has 0 bridgehead atoms. The second-order valence-corrected chi connectivity index (χ2v) is 12.4. The average Bonchev–Trinajstić information content (AvgIpc) is 2.72. The van der Waals surface area contributed by atoms with Crippen LogP contribution in [0.2, 0.25) is 0 Å². The van der Waals surface area contributed by atoms with Crippen molar-refractivity contribution in [2.75, 3.05) is 12.9 Å². The third kappa shape index (κ3) is 7.33. The number of phosphoric acid groups is 1. The Balaban J connectivity index is 2.02. The third-order valence-corrected chi connectivity index (χ3v) is 7.25. The maximum atomic E-state index is 13.4. The summed E-state index contributed by atoms with van der Waals surface area (Å²) in [5, 5.41) is 4.26. The van der Waals surface area contributed by atoms with Crippen LogP contribution in [-0.4, -0.2) is 46.4 Å². The van der Waals surface area contributed by atoms with Crippen molar-refractivity contribution in [2.24, 2.45) is 0 Å². The van der Waals surface area contributed by atoms with Gasteiger partial charge in [-0.1, -0.05) is 34.1 Å². The molecule has 2 aromatic carbocycles. The smallest absolute Gasteiger partial charge is 0.470 e. The van der Waals surface area contributed by atoms with Crippen LogP contribution in [0.1, 0.15) is 20.3 Å². The van der Waals surface area contributed by atoms with Gasteiger partial charge in [0.1, 0.15) is 0 Å². The molecule has 1 aromatic heterocycles. The topological polar surface area (TPSA) is 145 Å². The molecule has 0 spiro atoms. The Hall–Kier alpha value is -2.34. The molecule has 0 saturated carbocycles. The minimum absolute atomic E-state index is 0.0564. The standard InChI is InChI=1S/C22H24BrN2O8PS/c1-22(2,33-34(27,28)29)11-12-32-20-19(15-7-9-18(10-8-15)35(3,30)31)14-24-25(21(20)26)17-6-4-5-16(23)13-17/h4-10,13-14H,11-12H2,1-3H3,(H2,27,28,29). The maximum Gasteiger partial charge on any atom is 0.470 e. The van der Waals surface area contributed by atoms with Gasteiger partial charge < -0.3 is 14.5 Å². The lowest BCUT2D eigenvalue weighted by atomic mass is 10.1. The molecular weight excluding hydrogens is 563 g/mol.